The molecule has 2 N–H and O–H groups in total. The Morgan fingerprint density at radius 1 is 1.31 bits per heavy atom. The summed E-state index contributed by atoms with van der Waals surface area (Å²) in [6, 6.07) is 9.14. The van der Waals surface area contributed by atoms with Gasteiger partial charge in [0.05, 0.1) is 12.8 Å². The van der Waals surface area contributed by atoms with E-state index in [1.54, 1.807) is 18.1 Å². The van der Waals surface area contributed by atoms with E-state index in [0.717, 1.165) is 12.1 Å². The lowest BCUT2D eigenvalue weighted by Crippen LogP contribution is -2.41. The number of H-pyrrole nitrogens is 1. The van der Waals surface area contributed by atoms with Crippen LogP contribution in [0, 0.1) is 5.92 Å². The molecule has 1 aliphatic rings. The van der Waals surface area contributed by atoms with Gasteiger partial charge in [-0.25, -0.2) is 0 Å². The number of piperidine rings is 1. The average molecular weight is 356 g/mol. The van der Waals surface area contributed by atoms with Crippen molar-refractivity contribution in [3.8, 4) is 5.75 Å². The molecule has 0 spiro atoms. The first-order chi connectivity index (χ1) is 12.6. The van der Waals surface area contributed by atoms with Crippen molar-refractivity contribution in [3.05, 3.63) is 41.7 Å². The van der Waals surface area contributed by atoms with Crippen LogP contribution < -0.4 is 10.1 Å². The fraction of sp³-hybridized carbons (Fsp3) is 0.421. The van der Waals surface area contributed by atoms with Gasteiger partial charge in [-0.15, -0.1) is 0 Å². The van der Waals surface area contributed by atoms with Gasteiger partial charge in [0.15, 0.2) is 0 Å². The molecule has 0 aliphatic carbocycles. The van der Waals surface area contributed by atoms with Crippen LogP contribution in [0.4, 0.5) is 5.69 Å². The summed E-state index contributed by atoms with van der Waals surface area (Å²) in [5, 5.41) is 9.88. The van der Waals surface area contributed by atoms with E-state index in [0.29, 0.717) is 43.1 Å². The number of carbonyl (C=O) groups is 2. The first-order valence-corrected chi connectivity index (χ1v) is 8.89. The Bertz CT molecular complexity index is 779. The van der Waals surface area contributed by atoms with Crippen molar-refractivity contribution in [3.63, 3.8) is 0 Å². The molecule has 0 radical (unpaired) electrons. The summed E-state index contributed by atoms with van der Waals surface area (Å²) in [4.78, 5) is 26.8. The molecule has 1 fully saturated rings. The van der Waals surface area contributed by atoms with Crippen molar-refractivity contribution in [2.75, 3.05) is 25.5 Å². The van der Waals surface area contributed by atoms with Crippen LogP contribution in [0.15, 0.2) is 30.3 Å². The van der Waals surface area contributed by atoms with Crippen LogP contribution in [-0.2, 0) is 11.2 Å². The lowest BCUT2D eigenvalue weighted by molar-refractivity contribution is -0.121. The number of aryl methyl sites for hydroxylation is 1. The van der Waals surface area contributed by atoms with Crippen molar-refractivity contribution >= 4 is 17.5 Å². The SMILES string of the molecule is CCc1cc(C(=O)N2CCC(C(=O)Nc3ccccc3OC)CC2)n[nH]1. The summed E-state index contributed by atoms with van der Waals surface area (Å²) < 4.78 is 5.26. The van der Waals surface area contributed by atoms with Crippen LogP contribution in [0.2, 0.25) is 0 Å². The number of ether oxygens (including phenoxy) is 1. The highest BCUT2D eigenvalue weighted by Crippen LogP contribution is 2.26. The highest BCUT2D eigenvalue weighted by atomic mass is 16.5. The molecule has 0 bridgehead atoms. The van der Waals surface area contributed by atoms with E-state index < -0.39 is 0 Å². The Morgan fingerprint density at radius 3 is 2.69 bits per heavy atom. The number of benzene rings is 1. The number of para-hydroxylation sites is 2. The minimum Gasteiger partial charge on any atom is -0.495 e. The van der Waals surface area contributed by atoms with Crippen LogP contribution in [0.5, 0.6) is 5.75 Å². The Hall–Kier alpha value is -2.83. The van der Waals surface area contributed by atoms with Gasteiger partial charge in [0.25, 0.3) is 5.91 Å². The van der Waals surface area contributed by atoms with Gasteiger partial charge >= 0.3 is 0 Å². The summed E-state index contributed by atoms with van der Waals surface area (Å²) >= 11 is 0. The number of hydrogen-bond donors (Lipinski definition) is 2. The molecule has 7 nitrogen and oxygen atoms in total. The van der Waals surface area contributed by atoms with Gasteiger partial charge in [0, 0.05) is 24.7 Å². The van der Waals surface area contributed by atoms with Gasteiger partial charge in [-0.05, 0) is 37.5 Å². The van der Waals surface area contributed by atoms with Gasteiger partial charge in [-0.2, -0.15) is 5.10 Å². The number of nitrogens with one attached hydrogen (secondary N) is 2. The van der Waals surface area contributed by atoms with Crippen LogP contribution >= 0.6 is 0 Å². The molecule has 2 amide bonds. The third-order valence-electron chi connectivity index (χ3n) is 4.75. The molecule has 3 rings (SSSR count). The molecule has 1 aromatic carbocycles. The number of likely N-dealkylation sites (tertiary alicyclic amines) is 1. The van der Waals surface area contributed by atoms with Crippen LogP contribution in [0.3, 0.4) is 0 Å². The second-order valence-corrected chi connectivity index (χ2v) is 6.39. The van der Waals surface area contributed by atoms with Gasteiger partial charge in [-0.1, -0.05) is 19.1 Å². The van der Waals surface area contributed by atoms with E-state index in [-0.39, 0.29) is 17.7 Å². The number of hydrogen-bond acceptors (Lipinski definition) is 4. The molecular weight excluding hydrogens is 332 g/mol. The molecule has 7 heteroatoms. The van der Waals surface area contributed by atoms with Gasteiger partial charge in [0.2, 0.25) is 5.91 Å². The highest BCUT2D eigenvalue weighted by Gasteiger charge is 2.29. The van der Waals surface area contributed by atoms with Gasteiger partial charge < -0.3 is 15.0 Å². The monoisotopic (exact) mass is 356 g/mol. The van der Waals surface area contributed by atoms with Crippen molar-refractivity contribution in [1.82, 2.24) is 15.1 Å². The maximum absolute atomic E-state index is 12.5. The average Bonchev–Trinajstić information content (AvgIpc) is 3.17. The second-order valence-electron chi connectivity index (χ2n) is 6.39. The van der Waals surface area contributed by atoms with Crippen molar-refractivity contribution in [2.24, 2.45) is 5.92 Å². The molecule has 0 atom stereocenters. The van der Waals surface area contributed by atoms with Crippen LogP contribution in [-0.4, -0.2) is 47.1 Å². The standard InChI is InChI=1S/C19H24N4O3/c1-3-14-12-16(22-21-14)19(25)23-10-8-13(9-11-23)18(24)20-15-6-4-5-7-17(15)26-2/h4-7,12-13H,3,8-11H2,1-2H3,(H,20,24)(H,21,22). The fourth-order valence-corrected chi connectivity index (χ4v) is 3.14. The largest absolute Gasteiger partial charge is 0.495 e. The summed E-state index contributed by atoms with van der Waals surface area (Å²) in [5.74, 6) is 0.409. The lowest BCUT2D eigenvalue weighted by atomic mass is 9.95. The number of amides is 2. The lowest BCUT2D eigenvalue weighted by Gasteiger charge is -2.31. The minimum atomic E-state index is -0.116. The third-order valence-corrected chi connectivity index (χ3v) is 4.75. The van der Waals surface area contributed by atoms with E-state index in [2.05, 4.69) is 15.5 Å². The maximum atomic E-state index is 12.5. The molecule has 1 aliphatic heterocycles. The Balaban J connectivity index is 1.56. The number of rotatable bonds is 5. The normalized spacial score (nSPS) is 14.9. The number of nitrogens with zero attached hydrogens (tertiary/aromatic N) is 2. The zero-order valence-corrected chi connectivity index (χ0v) is 15.1. The molecule has 26 heavy (non-hydrogen) atoms. The molecule has 1 aromatic heterocycles. The Morgan fingerprint density at radius 2 is 2.04 bits per heavy atom. The van der Waals surface area contributed by atoms with Gasteiger partial charge in [-0.3, -0.25) is 14.7 Å². The number of carbonyl (C=O) groups excluding carboxylic acids is 2. The first-order valence-electron chi connectivity index (χ1n) is 8.89. The van der Waals surface area contributed by atoms with Crippen molar-refractivity contribution in [2.45, 2.75) is 26.2 Å². The van der Waals surface area contributed by atoms with E-state index in [1.807, 2.05) is 31.2 Å². The highest BCUT2D eigenvalue weighted by molar-refractivity contribution is 5.95. The maximum Gasteiger partial charge on any atom is 0.274 e. The molecule has 1 saturated heterocycles. The molecular formula is C19H24N4O3. The smallest absolute Gasteiger partial charge is 0.274 e. The van der Waals surface area contributed by atoms with E-state index >= 15 is 0 Å². The fourth-order valence-electron chi connectivity index (χ4n) is 3.14. The zero-order chi connectivity index (χ0) is 18.5. The molecule has 0 saturated carbocycles. The molecule has 138 valence electrons. The quantitative estimate of drug-likeness (QED) is 0.861. The van der Waals surface area contributed by atoms with Crippen LogP contribution in [0.1, 0.15) is 35.9 Å². The molecule has 2 aromatic rings. The predicted molar refractivity (Wildman–Crippen MR) is 98.2 cm³/mol. The van der Waals surface area contributed by atoms with E-state index in [1.165, 1.54) is 0 Å². The van der Waals surface area contributed by atoms with Crippen LogP contribution in [0.25, 0.3) is 0 Å². The first kappa shape index (κ1) is 18.0. The van der Waals surface area contributed by atoms with E-state index in [4.69, 9.17) is 4.74 Å². The Labute approximate surface area is 152 Å². The number of methoxy groups -OCH3 is 1. The number of aromatic amines is 1. The van der Waals surface area contributed by atoms with Crippen molar-refractivity contribution < 1.29 is 14.3 Å². The Kier molecular flexibility index (Phi) is 5.55. The zero-order valence-electron chi connectivity index (χ0n) is 15.1. The number of anilines is 1. The van der Waals surface area contributed by atoms with Gasteiger partial charge in [0.1, 0.15) is 11.4 Å². The molecule has 2 heterocycles. The summed E-state index contributed by atoms with van der Waals surface area (Å²) in [6.07, 6.45) is 2.08. The summed E-state index contributed by atoms with van der Waals surface area (Å²) in [5.41, 5.74) is 2.06. The minimum absolute atomic E-state index is 0.0327. The summed E-state index contributed by atoms with van der Waals surface area (Å²) in [7, 11) is 1.58. The molecule has 0 unspecified atom stereocenters. The summed E-state index contributed by atoms with van der Waals surface area (Å²) in [6.45, 7) is 3.11. The van der Waals surface area contributed by atoms with Crippen molar-refractivity contribution in [1.29, 1.82) is 0 Å². The number of aromatic nitrogens is 2. The third kappa shape index (κ3) is 3.87. The van der Waals surface area contributed by atoms with E-state index in [9.17, 15) is 9.59 Å². The predicted octanol–water partition coefficient (Wildman–Crippen LogP) is 2.47. The topological polar surface area (TPSA) is 87.3 Å². The second kappa shape index (κ2) is 8.03.